The minimum absolute atomic E-state index is 0.0533. The Kier molecular flexibility index (Phi) is 6.20. The van der Waals surface area contributed by atoms with Gasteiger partial charge in [-0.2, -0.15) is 0 Å². The van der Waals surface area contributed by atoms with Crippen molar-refractivity contribution in [2.24, 2.45) is 0 Å². The molecular weight excluding hydrogens is 314 g/mol. The van der Waals surface area contributed by atoms with E-state index in [1.165, 1.54) is 6.07 Å². The van der Waals surface area contributed by atoms with Crippen molar-refractivity contribution in [3.8, 4) is 0 Å². The van der Waals surface area contributed by atoms with Crippen LogP contribution >= 0.6 is 0 Å². The fourth-order valence-corrected chi connectivity index (χ4v) is 2.07. The first-order chi connectivity index (χ1) is 11.5. The summed E-state index contributed by atoms with van der Waals surface area (Å²) < 4.78 is 26.7. The van der Waals surface area contributed by atoms with Crippen molar-refractivity contribution in [3.05, 3.63) is 59.9 Å². The Morgan fingerprint density at radius 1 is 1.21 bits per heavy atom. The third kappa shape index (κ3) is 5.27. The second kappa shape index (κ2) is 8.35. The van der Waals surface area contributed by atoms with Crippen LogP contribution in [0, 0.1) is 11.6 Å². The number of pyridine rings is 1. The molecule has 1 heterocycles. The minimum Gasteiger partial charge on any atom is -0.319 e. The van der Waals surface area contributed by atoms with Crippen LogP contribution in [0.15, 0.2) is 42.7 Å². The van der Waals surface area contributed by atoms with Crippen LogP contribution < -0.4 is 5.32 Å². The van der Waals surface area contributed by atoms with Crippen molar-refractivity contribution in [1.82, 2.24) is 14.8 Å². The summed E-state index contributed by atoms with van der Waals surface area (Å²) in [6, 6.07) is 6.24. The number of aromatic nitrogens is 1. The van der Waals surface area contributed by atoms with Crippen molar-refractivity contribution in [1.29, 1.82) is 0 Å². The molecule has 0 spiro atoms. The number of benzene rings is 1. The second-order valence-corrected chi connectivity index (χ2v) is 5.64. The van der Waals surface area contributed by atoms with Crippen LogP contribution in [0.4, 0.5) is 19.3 Å². The molecule has 7 heteroatoms. The zero-order valence-electron chi connectivity index (χ0n) is 13.7. The summed E-state index contributed by atoms with van der Waals surface area (Å²) in [6.07, 6.45) is 3.33. The van der Waals surface area contributed by atoms with Gasteiger partial charge in [0.05, 0.1) is 5.69 Å². The number of hydrogen-bond acceptors (Lipinski definition) is 3. The molecule has 2 aromatic rings. The van der Waals surface area contributed by atoms with Gasteiger partial charge in [-0.15, -0.1) is 0 Å². The highest BCUT2D eigenvalue weighted by molar-refractivity contribution is 5.89. The van der Waals surface area contributed by atoms with E-state index in [1.54, 1.807) is 23.4 Å². The van der Waals surface area contributed by atoms with E-state index in [-0.39, 0.29) is 5.69 Å². The van der Waals surface area contributed by atoms with Crippen LogP contribution in [0.1, 0.15) is 5.56 Å². The molecule has 0 aliphatic heterocycles. The molecule has 0 saturated carbocycles. The van der Waals surface area contributed by atoms with E-state index < -0.39 is 17.7 Å². The molecule has 1 aromatic carbocycles. The molecule has 1 N–H and O–H groups in total. The minimum atomic E-state index is -0.808. The Balaban J connectivity index is 2.10. The number of halogens is 2. The van der Waals surface area contributed by atoms with Gasteiger partial charge in [0.2, 0.25) is 0 Å². The topological polar surface area (TPSA) is 48.5 Å². The molecule has 2 rings (SSSR count). The zero-order chi connectivity index (χ0) is 17.5. The number of carbonyl (C=O) groups is 1. The zero-order valence-corrected chi connectivity index (χ0v) is 13.7. The van der Waals surface area contributed by atoms with Gasteiger partial charge in [-0.25, -0.2) is 13.6 Å². The van der Waals surface area contributed by atoms with E-state index in [0.717, 1.165) is 17.7 Å². The first kappa shape index (κ1) is 17.8. The number of likely N-dealkylation sites (N-methyl/N-ethyl adjacent to an activating group) is 1. The van der Waals surface area contributed by atoms with Gasteiger partial charge >= 0.3 is 6.03 Å². The summed E-state index contributed by atoms with van der Waals surface area (Å²) in [5.74, 6) is -1.50. The van der Waals surface area contributed by atoms with Crippen molar-refractivity contribution in [3.63, 3.8) is 0 Å². The summed E-state index contributed by atoms with van der Waals surface area (Å²) in [4.78, 5) is 20.0. The Morgan fingerprint density at radius 2 is 2.00 bits per heavy atom. The van der Waals surface area contributed by atoms with Gasteiger partial charge in [-0.3, -0.25) is 4.98 Å². The van der Waals surface area contributed by atoms with Crippen LogP contribution in [0.2, 0.25) is 0 Å². The number of hydrogen-bond donors (Lipinski definition) is 1. The third-order valence-electron chi connectivity index (χ3n) is 3.37. The molecule has 5 nitrogen and oxygen atoms in total. The lowest BCUT2D eigenvalue weighted by Gasteiger charge is -2.25. The second-order valence-electron chi connectivity index (χ2n) is 5.64. The van der Waals surface area contributed by atoms with Crippen LogP contribution in [-0.2, 0) is 6.54 Å². The number of amides is 2. The van der Waals surface area contributed by atoms with Crippen LogP contribution in [0.25, 0.3) is 0 Å². The summed E-state index contributed by atoms with van der Waals surface area (Å²) >= 11 is 0. The fraction of sp³-hybridized carbons (Fsp3) is 0.294. The van der Waals surface area contributed by atoms with E-state index in [4.69, 9.17) is 0 Å². The molecule has 0 atom stereocenters. The summed E-state index contributed by atoms with van der Waals surface area (Å²) in [6.45, 7) is 1.45. The summed E-state index contributed by atoms with van der Waals surface area (Å²) in [7, 11) is 3.81. The normalized spacial score (nSPS) is 10.7. The molecule has 0 aliphatic carbocycles. The lowest BCUT2D eigenvalue weighted by atomic mass is 10.2. The lowest BCUT2D eigenvalue weighted by Crippen LogP contribution is -2.39. The predicted octanol–water partition coefficient (Wildman–Crippen LogP) is 2.96. The predicted molar refractivity (Wildman–Crippen MR) is 88.6 cm³/mol. The van der Waals surface area contributed by atoms with Gasteiger partial charge in [0.15, 0.2) is 0 Å². The third-order valence-corrected chi connectivity index (χ3v) is 3.37. The first-order valence-electron chi connectivity index (χ1n) is 7.50. The number of nitrogens with one attached hydrogen (secondary N) is 1. The first-order valence-corrected chi connectivity index (χ1v) is 7.50. The fourth-order valence-electron chi connectivity index (χ4n) is 2.07. The van der Waals surface area contributed by atoms with E-state index in [1.807, 2.05) is 25.1 Å². The van der Waals surface area contributed by atoms with E-state index in [0.29, 0.717) is 19.6 Å². The van der Waals surface area contributed by atoms with Crippen molar-refractivity contribution < 1.29 is 13.6 Å². The Hall–Kier alpha value is -2.54. The molecule has 24 heavy (non-hydrogen) atoms. The van der Waals surface area contributed by atoms with Crippen molar-refractivity contribution >= 4 is 11.7 Å². The van der Waals surface area contributed by atoms with Crippen molar-refractivity contribution in [2.75, 3.05) is 32.5 Å². The number of anilines is 1. The van der Waals surface area contributed by atoms with Gasteiger partial charge in [-0.05, 0) is 37.9 Å². The number of urea groups is 1. The van der Waals surface area contributed by atoms with E-state index in [2.05, 4.69) is 10.3 Å². The smallest absolute Gasteiger partial charge is 0.319 e. The maximum absolute atomic E-state index is 13.7. The standard InChI is InChI=1S/C17H20F2N4O/c1-22(2)8-9-23(12-13-4-3-7-20-11-13)17(24)21-16-6-5-14(18)10-15(16)19/h3-7,10-11H,8-9,12H2,1-2H3,(H,21,24). The molecule has 128 valence electrons. The average molecular weight is 334 g/mol. The maximum Gasteiger partial charge on any atom is 0.322 e. The van der Waals surface area contributed by atoms with E-state index >= 15 is 0 Å². The van der Waals surface area contributed by atoms with Gasteiger partial charge in [0.25, 0.3) is 0 Å². The summed E-state index contributed by atoms with van der Waals surface area (Å²) in [5, 5.41) is 2.49. The summed E-state index contributed by atoms with van der Waals surface area (Å²) in [5.41, 5.74) is 0.813. The number of nitrogens with zero attached hydrogens (tertiary/aromatic N) is 3. The molecule has 0 fully saturated rings. The van der Waals surface area contributed by atoms with E-state index in [9.17, 15) is 13.6 Å². The highest BCUT2D eigenvalue weighted by Gasteiger charge is 2.16. The largest absolute Gasteiger partial charge is 0.322 e. The molecule has 1 aromatic heterocycles. The highest BCUT2D eigenvalue weighted by atomic mass is 19.1. The molecule has 0 bridgehead atoms. The molecule has 0 saturated heterocycles. The molecular formula is C17H20F2N4O. The Labute approximate surface area is 139 Å². The Morgan fingerprint density at radius 3 is 2.62 bits per heavy atom. The van der Waals surface area contributed by atoms with Crippen LogP contribution in [0.3, 0.4) is 0 Å². The van der Waals surface area contributed by atoms with Gasteiger partial charge in [0.1, 0.15) is 11.6 Å². The molecule has 0 radical (unpaired) electrons. The number of rotatable bonds is 6. The highest BCUT2D eigenvalue weighted by Crippen LogP contribution is 2.16. The van der Waals surface area contributed by atoms with Gasteiger partial charge < -0.3 is 15.1 Å². The quantitative estimate of drug-likeness (QED) is 0.883. The lowest BCUT2D eigenvalue weighted by molar-refractivity contribution is 0.202. The van der Waals surface area contributed by atoms with Crippen LogP contribution in [-0.4, -0.2) is 48.0 Å². The van der Waals surface area contributed by atoms with Crippen LogP contribution in [0.5, 0.6) is 0 Å². The monoisotopic (exact) mass is 334 g/mol. The van der Waals surface area contributed by atoms with Gasteiger partial charge in [0, 0.05) is 38.1 Å². The molecule has 0 aliphatic rings. The average Bonchev–Trinajstić information content (AvgIpc) is 2.54. The molecule has 2 amide bonds. The molecule has 0 unspecified atom stereocenters. The maximum atomic E-state index is 13.7. The number of carbonyl (C=O) groups excluding carboxylic acids is 1. The van der Waals surface area contributed by atoms with Crippen molar-refractivity contribution in [2.45, 2.75) is 6.54 Å². The van der Waals surface area contributed by atoms with Gasteiger partial charge in [-0.1, -0.05) is 6.07 Å². The SMILES string of the molecule is CN(C)CCN(Cc1cccnc1)C(=O)Nc1ccc(F)cc1F. The Bertz CT molecular complexity index is 680.